The summed E-state index contributed by atoms with van der Waals surface area (Å²) in [6, 6.07) is 10.7. The molecule has 2 unspecified atom stereocenters. The van der Waals surface area contributed by atoms with Crippen molar-refractivity contribution in [3.05, 3.63) is 41.6 Å². The van der Waals surface area contributed by atoms with E-state index < -0.39 is 0 Å². The standard InChI is InChI=1S/C17H22N2/c1-12-4-3-9-17(18,11-12)15-7-8-16-14(10-15)6-5-13(2)19-16/h5-8,10,12H,3-4,9,11,18H2,1-2H3. The minimum atomic E-state index is -0.142. The molecule has 3 rings (SSSR count). The Balaban J connectivity index is 2.03. The highest BCUT2D eigenvalue weighted by Gasteiger charge is 2.32. The number of pyridine rings is 1. The van der Waals surface area contributed by atoms with Crippen molar-refractivity contribution in [2.24, 2.45) is 11.7 Å². The Hall–Kier alpha value is -1.41. The second-order valence-corrected chi connectivity index (χ2v) is 6.22. The van der Waals surface area contributed by atoms with E-state index >= 15 is 0 Å². The molecule has 2 aromatic rings. The Morgan fingerprint density at radius 3 is 2.89 bits per heavy atom. The summed E-state index contributed by atoms with van der Waals surface area (Å²) in [5.41, 5.74) is 9.93. The molecular formula is C17H22N2. The van der Waals surface area contributed by atoms with Crippen molar-refractivity contribution in [1.29, 1.82) is 0 Å². The van der Waals surface area contributed by atoms with Crippen molar-refractivity contribution in [2.45, 2.75) is 45.1 Å². The number of aromatic nitrogens is 1. The lowest BCUT2D eigenvalue weighted by atomic mass is 9.73. The average Bonchev–Trinajstić information content (AvgIpc) is 2.37. The van der Waals surface area contributed by atoms with Crippen molar-refractivity contribution in [2.75, 3.05) is 0 Å². The lowest BCUT2D eigenvalue weighted by Gasteiger charge is -2.37. The lowest BCUT2D eigenvalue weighted by molar-refractivity contribution is 0.239. The van der Waals surface area contributed by atoms with E-state index in [0.717, 1.165) is 30.0 Å². The highest BCUT2D eigenvalue weighted by atomic mass is 14.8. The summed E-state index contributed by atoms with van der Waals surface area (Å²) >= 11 is 0. The first-order chi connectivity index (χ1) is 9.07. The van der Waals surface area contributed by atoms with Crippen LogP contribution in [0.25, 0.3) is 10.9 Å². The molecule has 2 N–H and O–H groups in total. The number of nitrogens with two attached hydrogens (primary N) is 1. The van der Waals surface area contributed by atoms with Gasteiger partial charge in [-0.25, -0.2) is 0 Å². The summed E-state index contributed by atoms with van der Waals surface area (Å²) < 4.78 is 0. The summed E-state index contributed by atoms with van der Waals surface area (Å²) in [6.45, 7) is 4.34. The molecule has 0 aliphatic heterocycles. The molecule has 1 aromatic heterocycles. The molecule has 1 aliphatic carbocycles. The number of benzene rings is 1. The Labute approximate surface area is 115 Å². The third kappa shape index (κ3) is 2.37. The van der Waals surface area contributed by atoms with E-state index in [1.807, 2.05) is 6.92 Å². The van der Waals surface area contributed by atoms with Crippen molar-refractivity contribution >= 4 is 10.9 Å². The zero-order chi connectivity index (χ0) is 13.5. The molecule has 0 radical (unpaired) electrons. The fourth-order valence-electron chi connectivity index (χ4n) is 3.39. The van der Waals surface area contributed by atoms with E-state index in [4.69, 9.17) is 5.73 Å². The highest BCUT2D eigenvalue weighted by Crippen LogP contribution is 2.38. The van der Waals surface area contributed by atoms with Crippen molar-refractivity contribution in [1.82, 2.24) is 4.98 Å². The van der Waals surface area contributed by atoms with Gasteiger partial charge >= 0.3 is 0 Å². The molecule has 1 saturated carbocycles. The van der Waals surface area contributed by atoms with Crippen LogP contribution in [0, 0.1) is 12.8 Å². The Morgan fingerprint density at radius 1 is 1.26 bits per heavy atom. The molecule has 0 amide bonds. The summed E-state index contributed by atoms with van der Waals surface area (Å²) in [7, 11) is 0. The van der Waals surface area contributed by atoms with Gasteiger partial charge in [0.2, 0.25) is 0 Å². The smallest absolute Gasteiger partial charge is 0.0705 e. The van der Waals surface area contributed by atoms with Crippen molar-refractivity contribution < 1.29 is 0 Å². The maximum Gasteiger partial charge on any atom is 0.0705 e. The summed E-state index contributed by atoms with van der Waals surface area (Å²) in [4.78, 5) is 4.56. The first-order valence-corrected chi connectivity index (χ1v) is 7.24. The molecular weight excluding hydrogens is 232 g/mol. The largest absolute Gasteiger partial charge is 0.321 e. The zero-order valence-corrected chi connectivity index (χ0v) is 11.8. The number of hydrogen-bond donors (Lipinski definition) is 1. The molecule has 2 heteroatoms. The first-order valence-electron chi connectivity index (χ1n) is 7.24. The van der Waals surface area contributed by atoms with E-state index in [2.05, 4.69) is 42.2 Å². The van der Waals surface area contributed by atoms with Crippen LogP contribution in [-0.2, 0) is 5.54 Å². The maximum absolute atomic E-state index is 6.67. The van der Waals surface area contributed by atoms with Gasteiger partial charge in [0.15, 0.2) is 0 Å². The van der Waals surface area contributed by atoms with Gasteiger partial charge in [-0.1, -0.05) is 31.9 Å². The Morgan fingerprint density at radius 2 is 2.11 bits per heavy atom. The normalized spacial score (nSPS) is 27.6. The predicted octanol–water partition coefficient (Wildman–Crippen LogP) is 3.91. The molecule has 0 spiro atoms. The third-order valence-corrected chi connectivity index (χ3v) is 4.44. The molecule has 2 nitrogen and oxygen atoms in total. The highest BCUT2D eigenvalue weighted by molar-refractivity contribution is 5.79. The minimum Gasteiger partial charge on any atom is -0.321 e. The minimum absolute atomic E-state index is 0.142. The zero-order valence-electron chi connectivity index (χ0n) is 11.8. The summed E-state index contributed by atoms with van der Waals surface area (Å²) in [6.07, 6.45) is 4.75. The molecule has 0 saturated heterocycles. The molecule has 1 aromatic carbocycles. The van der Waals surface area contributed by atoms with E-state index in [9.17, 15) is 0 Å². The van der Waals surface area contributed by atoms with Gasteiger partial charge in [-0.2, -0.15) is 0 Å². The van der Waals surface area contributed by atoms with E-state index in [1.54, 1.807) is 0 Å². The van der Waals surface area contributed by atoms with Crippen LogP contribution in [0.3, 0.4) is 0 Å². The SMILES string of the molecule is Cc1ccc2cc(C3(N)CCCC(C)C3)ccc2n1. The van der Waals surface area contributed by atoms with Crippen LogP contribution in [0.15, 0.2) is 30.3 Å². The summed E-state index contributed by atoms with van der Waals surface area (Å²) in [5, 5.41) is 1.20. The lowest BCUT2D eigenvalue weighted by Crippen LogP contribution is -2.40. The van der Waals surface area contributed by atoms with Crippen molar-refractivity contribution in [3.8, 4) is 0 Å². The van der Waals surface area contributed by atoms with Crippen molar-refractivity contribution in [3.63, 3.8) is 0 Å². The predicted molar refractivity (Wildman–Crippen MR) is 80.0 cm³/mol. The second-order valence-electron chi connectivity index (χ2n) is 6.22. The fourth-order valence-corrected chi connectivity index (χ4v) is 3.39. The van der Waals surface area contributed by atoms with Crippen LogP contribution >= 0.6 is 0 Å². The van der Waals surface area contributed by atoms with E-state index in [0.29, 0.717) is 0 Å². The van der Waals surface area contributed by atoms with Crippen LogP contribution in [0.4, 0.5) is 0 Å². The molecule has 1 fully saturated rings. The number of fused-ring (bicyclic) bond motifs is 1. The van der Waals surface area contributed by atoms with Crippen LogP contribution < -0.4 is 5.73 Å². The van der Waals surface area contributed by atoms with Crippen LogP contribution in [0.5, 0.6) is 0 Å². The monoisotopic (exact) mass is 254 g/mol. The van der Waals surface area contributed by atoms with Gasteiger partial charge < -0.3 is 5.73 Å². The van der Waals surface area contributed by atoms with Crippen LogP contribution in [0.1, 0.15) is 43.9 Å². The van der Waals surface area contributed by atoms with Gasteiger partial charge in [0.05, 0.1) is 5.52 Å². The van der Waals surface area contributed by atoms with Crippen LogP contribution in [0.2, 0.25) is 0 Å². The molecule has 100 valence electrons. The third-order valence-electron chi connectivity index (χ3n) is 4.44. The number of hydrogen-bond acceptors (Lipinski definition) is 2. The summed E-state index contributed by atoms with van der Waals surface area (Å²) in [5.74, 6) is 0.727. The van der Waals surface area contributed by atoms with Gasteiger partial charge in [0, 0.05) is 16.6 Å². The number of nitrogens with zero attached hydrogens (tertiary/aromatic N) is 1. The van der Waals surface area contributed by atoms with Gasteiger partial charge in [-0.3, -0.25) is 4.98 Å². The molecule has 19 heavy (non-hydrogen) atoms. The molecule has 1 aliphatic rings. The molecule has 2 atom stereocenters. The van der Waals surface area contributed by atoms with Gasteiger partial charge in [-0.15, -0.1) is 0 Å². The van der Waals surface area contributed by atoms with E-state index in [1.165, 1.54) is 23.8 Å². The quantitative estimate of drug-likeness (QED) is 0.838. The van der Waals surface area contributed by atoms with Gasteiger partial charge in [0.25, 0.3) is 0 Å². The first kappa shape index (κ1) is 12.6. The topological polar surface area (TPSA) is 38.9 Å². The van der Waals surface area contributed by atoms with E-state index in [-0.39, 0.29) is 5.54 Å². The van der Waals surface area contributed by atoms with Crippen LogP contribution in [-0.4, -0.2) is 4.98 Å². The average molecular weight is 254 g/mol. The Kier molecular flexibility index (Phi) is 3.06. The fraction of sp³-hybridized carbons (Fsp3) is 0.471. The molecule has 1 heterocycles. The Bertz CT molecular complexity index is 605. The second kappa shape index (κ2) is 4.61. The van der Waals surface area contributed by atoms with Gasteiger partial charge in [-0.05, 0) is 49.4 Å². The molecule has 0 bridgehead atoms. The number of aryl methyl sites for hydroxylation is 1. The maximum atomic E-state index is 6.67. The number of rotatable bonds is 1. The van der Waals surface area contributed by atoms with Gasteiger partial charge in [0.1, 0.15) is 0 Å².